The van der Waals surface area contributed by atoms with Crippen molar-refractivity contribution in [1.29, 1.82) is 5.26 Å². The van der Waals surface area contributed by atoms with E-state index in [9.17, 15) is 0 Å². The Balaban J connectivity index is 1.93. The summed E-state index contributed by atoms with van der Waals surface area (Å²) in [5.74, 6) is 0.769. The zero-order valence-electron chi connectivity index (χ0n) is 8.27. The number of nitrogens with zero attached hydrogens (tertiary/aromatic N) is 2. The third kappa shape index (κ3) is 1.34. The highest BCUT2D eigenvalue weighted by molar-refractivity contribution is 5.69. The maximum atomic E-state index is 8.80. The number of hydrogen-bond acceptors (Lipinski definition) is 3. The smallest absolute Gasteiger partial charge is 0.101 e. The van der Waals surface area contributed by atoms with Crippen LogP contribution in [0.3, 0.4) is 0 Å². The van der Waals surface area contributed by atoms with Gasteiger partial charge in [-0.3, -0.25) is 4.98 Å². The van der Waals surface area contributed by atoms with Crippen molar-refractivity contribution in [3.8, 4) is 6.07 Å². The number of allylic oxidation sites excluding steroid dienone is 1. The molecular formula is C12H11N3. The molecule has 74 valence electrons. The molecule has 1 fully saturated rings. The minimum Gasteiger partial charge on any atom is -0.310 e. The molecule has 2 aliphatic rings. The fourth-order valence-electron chi connectivity index (χ4n) is 2.27. The molecule has 1 aromatic rings. The largest absolute Gasteiger partial charge is 0.310 e. The van der Waals surface area contributed by atoms with Crippen molar-refractivity contribution in [1.82, 2.24) is 10.3 Å². The van der Waals surface area contributed by atoms with Crippen LogP contribution in [-0.4, -0.2) is 17.6 Å². The van der Waals surface area contributed by atoms with E-state index in [1.54, 1.807) is 6.20 Å². The van der Waals surface area contributed by atoms with Crippen LogP contribution in [0.4, 0.5) is 0 Å². The van der Waals surface area contributed by atoms with Crippen molar-refractivity contribution in [3.63, 3.8) is 0 Å². The van der Waals surface area contributed by atoms with E-state index < -0.39 is 0 Å². The predicted molar refractivity (Wildman–Crippen MR) is 56.8 cm³/mol. The standard InChI is InChI=1S/C12H11N3/c13-4-8-1-10(6-14-5-8)9-2-11-7-15-12(11)3-9/h1,3,5-6,11-12,15H,2,7H2/t11-,12-/m1/s1. The van der Waals surface area contributed by atoms with Crippen LogP contribution in [0, 0.1) is 17.2 Å². The molecule has 2 atom stereocenters. The number of rotatable bonds is 1. The van der Waals surface area contributed by atoms with Crippen LogP contribution in [0.15, 0.2) is 24.5 Å². The van der Waals surface area contributed by atoms with Gasteiger partial charge in [0, 0.05) is 25.0 Å². The van der Waals surface area contributed by atoms with E-state index in [0.717, 1.165) is 24.4 Å². The Hall–Kier alpha value is -1.66. The molecule has 0 spiro atoms. The average molecular weight is 197 g/mol. The van der Waals surface area contributed by atoms with Gasteiger partial charge in [0.1, 0.15) is 6.07 Å². The third-order valence-electron chi connectivity index (χ3n) is 3.22. The van der Waals surface area contributed by atoms with E-state index >= 15 is 0 Å². The van der Waals surface area contributed by atoms with Gasteiger partial charge in [-0.1, -0.05) is 6.08 Å². The summed E-state index contributed by atoms with van der Waals surface area (Å²) in [6.45, 7) is 1.12. The summed E-state index contributed by atoms with van der Waals surface area (Å²) in [4.78, 5) is 4.09. The normalized spacial score (nSPS) is 27.5. The fourth-order valence-corrected chi connectivity index (χ4v) is 2.27. The zero-order valence-corrected chi connectivity index (χ0v) is 8.27. The maximum absolute atomic E-state index is 8.80. The molecule has 0 radical (unpaired) electrons. The first-order valence-corrected chi connectivity index (χ1v) is 5.16. The highest BCUT2D eigenvalue weighted by Gasteiger charge is 2.34. The molecule has 0 saturated carbocycles. The van der Waals surface area contributed by atoms with Crippen molar-refractivity contribution in [3.05, 3.63) is 35.7 Å². The van der Waals surface area contributed by atoms with Gasteiger partial charge in [-0.15, -0.1) is 0 Å². The van der Waals surface area contributed by atoms with Gasteiger partial charge in [-0.2, -0.15) is 5.26 Å². The Morgan fingerprint density at radius 3 is 3.00 bits per heavy atom. The summed E-state index contributed by atoms with van der Waals surface area (Å²) in [5, 5.41) is 12.2. The molecule has 0 amide bonds. The van der Waals surface area contributed by atoms with Gasteiger partial charge in [0.25, 0.3) is 0 Å². The summed E-state index contributed by atoms with van der Waals surface area (Å²) in [6.07, 6.45) is 6.84. The Morgan fingerprint density at radius 1 is 1.47 bits per heavy atom. The van der Waals surface area contributed by atoms with E-state index in [-0.39, 0.29) is 0 Å². The summed E-state index contributed by atoms with van der Waals surface area (Å²) in [6, 6.07) is 4.60. The molecule has 1 aliphatic carbocycles. The maximum Gasteiger partial charge on any atom is 0.101 e. The number of hydrogen-bond donors (Lipinski definition) is 1. The molecular weight excluding hydrogens is 186 g/mol. The van der Waals surface area contributed by atoms with Crippen molar-refractivity contribution >= 4 is 5.57 Å². The van der Waals surface area contributed by atoms with Gasteiger partial charge in [0.05, 0.1) is 5.56 Å². The van der Waals surface area contributed by atoms with E-state index in [4.69, 9.17) is 5.26 Å². The van der Waals surface area contributed by atoms with Crippen molar-refractivity contribution in [2.24, 2.45) is 5.92 Å². The average Bonchev–Trinajstić information content (AvgIpc) is 2.55. The summed E-state index contributed by atoms with van der Waals surface area (Å²) < 4.78 is 0. The molecule has 3 heteroatoms. The van der Waals surface area contributed by atoms with Gasteiger partial charge >= 0.3 is 0 Å². The van der Waals surface area contributed by atoms with Crippen LogP contribution in [-0.2, 0) is 0 Å². The number of nitrogens with one attached hydrogen (secondary N) is 1. The summed E-state index contributed by atoms with van der Waals surface area (Å²) in [7, 11) is 0. The minimum absolute atomic E-state index is 0.561. The Kier molecular flexibility index (Phi) is 1.83. The van der Waals surface area contributed by atoms with Crippen LogP contribution in [0.1, 0.15) is 17.5 Å². The molecule has 0 unspecified atom stereocenters. The van der Waals surface area contributed by atoms with Crippen molar-refractivity contribution < 1.29 is 0 Å². The molecule has 2 heterocycles. The zero-order chi connectivity index (χ0) is 10.3. The van der Waals surface area contributed by atoms with Crippen molar-refractivity contribution in [2.75, 3.05) is 6.54 Å². The first-order valence-electron chi connectivity index (χ1n) is 5.16. The highest BCUT2D eigenvalue weighted by Crippen LogP contribution is 2.36. The summed E-state index contributed by atoms with van der Waals surface area (Å²) in [5.41, 5.74) is 3.07. The van der Waals surface area contributed by atoms with E-state index in [1.807, 2.05) is 12.3 Å². The number of fused-ring (bicyclic) bond motifs is 1. The molecule has 0 bridgehead atoms. The van der Waals surface area contributed by atoms with Crippen LogP contribution in [0.5, 0.6) is 0 Å². The molecule has 1 saturated heterocycles. The van der Waals surface area contributed by atoms with Gasteiger partial charge in [0.15, 0.2) is 0 Å². The second kappa shape index (κ2) is 3.18. The number of nitriles is 1. The molecule has 1 N–H and O–H groups in total. The van der Waals surface area contributed by atoms with E-state index in [0.29, 0.717) is 11.6 Å². The van der Waals surface area contributed by atoms with Crippen LogP contribution in [0.25, 0.3) is 5.57 Å². The molecule has 1 aliphatic heterocycles. The lowest BCUT2D eigenvalue weighted by molar-refractivity contribution is 0.301. The van der Waals surface area contributed by atoms with Gasteiger partial charge in [-0.05, 0) is 29.5 Å². The van der Waals surface area contributed by atoms with Gasteiger partial charge in [0.2, 0.25) is 0 Å². The lowest BCUT2D eigenvalue weighted by Crippen LogP contribution is -2.49. The Bertz CT molecular complexity index is 470. The van der Waals surface area contributed by atoms with Crippen LogP contribution >= 0.6 is 0 Å². The molecule has 1 aromatic heterocycles. The lowest BCUT2D eigenvalue weighted by atomic mass is 9.93. The third-order valence-corrected chi connectivity index (χ3v) is 3.22. The lowest BCUT2D eigenvalue weighted by Gasteiger charge is -2.31. The highest BCUT2D eigenvalue weighted by atomic mass is 15.0. The molecule has 3 nitrogen and oxygen atoms in total. The first-order chi connectivity index (χ1) is 7.36. The Labute approximate surface area is 88.4 Å². The number of aromatic nitrogens is 1. The monoisotopic (exact) mass is 197 g/mol. The second-order valence-electron chi connectivity index (χ2n) is 4.16. The van der Waals surface area contributed by atoms with Crippen LogP contribution < -0.4 is 5.32 Å². The molecule has 0 aromatic carbocycles. The number of pyridine rings is 1. The molecule has 3 rings (SSSR count). The summed E-state index contributed by atoms with van der Waals surface area (Å²) >= 11 is 0. The second-order valence-corrected chi connectivity index (χ2v) is 4.16. The fraction of sp³-hybridized carbons (Fsp3) is 0.333. The van der Waals surface area contributed by atoms with E-state index in [2.05, 4.69) is 22.4 Å². The SMILES string of the molecule is N#Cc1cncc(C2=C[C@H]3NC[C@H]3C2)c1. The minimum atomic E-state index is 0.561. The molecule has 15 heavy (non-hydrogen) atoms. The van der Waals surface area contributed by atoms with Gasteiger partial charge in [-0.25, -0.2) is 0 Å². The quantitative estimate of drug-likeness (QED) is 0.738. The van der Waals surface area contributed by atoms with Gasteiger partial charge < -0.3 is 5.32 Å². The van der Waals surface area contributed by atoms with E-state index in [1.165, 1.54) is 5.57 Å². The topological polar surface area (TPSA) is 48.7 Å². The predicted octanol–water partition coefficient (Wildman–Crippen LogP) is 1.33. The Morgan fingerprint density at radius 2 is 2.40 bits per heavy atom. The van der Waals surface area contributed by atoms with Crippen molar-refractivity contribution in [2.45, 2.75) is 12.5 Å². The first kappa shape index (κ1) is 8.63. The van der Waals surface area contributed by atoms with Crippen LogP contribution in [0.2, 0.25) is 0 Å².